The first-order valence-corrected chi connectivity index (χ1v) is 10.9. The molecule has 8 heteroatoms. The summed E-state index contributed by atoms with van der Waals surface area (Å²) in [6.45, 7) is 0.459. The van der Waals surface area contributed by atoms with Crippen LogP contribution in [0.25, 0.3) is 22.9 Å². The largest absolute Gasteiger partial charge is 0.507 e. The van der Waals surface area contributed by atoms with E-state index in [0.717, 1.165) is 5.56 Å². The zero-order valence-corrected chi connectivity index (χ0v) is 18.8. The molecule has 0 radical (unpaired) electrons. The van der Waals surface area contributed by atoms with E-state index in [4.69, 9.17) is 23.2 Å². The second kappa shape index (κ2) is 9.90. The number of carbonyl (C=O) groups excluding carboxylic acids is 1. The van der Waals surface area contributed by atoms with Gasteiger partial charge in [-0.25, -0.2) is 4.98 Å². The van der Waals surface area contributed by atoms with Crippen LogP contribution in [0.5, 0.6) is 0 Å². The lowest BCUT2D eigenvalue weighted by Crippen LogP contribution is -2.25. The van der Waals surface area contributed by atoms with Crippen LogP contribution in [0, 0.1) is 0 Å². The molecule has 0 aliphatic carbocycles. The molecule has 4 aromatic rings. The van der Waals surface area contributed by atoms with Crippen molar-refractivity contribution in [3.05, 3.63) is 110 Å². The number of benzene rings is 3. The molecular weight excluding hydrogens is 461 g/mol. The summed E-state index contributed by atoms with van der Waals surface area (Å²) in [6.07, 6.45) is 1.96. The lowest BCUT2D eigenvalue weighted by atomic mass is 10.1. The highest BCUT2D eigenvalue weighted by Crippen LogP contribution is 2.18. The van der Waals surface area contributed by atoms with E-state index in [1.54, 1.807) is 42.5 Å². The highest BCUT2D eigenvalue weighted by molar-refractivity contribution is 6.30. The van der Waals surface area contributed by atoms with E-state index in [2.05, 4.69) is 15.3 Å². The van der Waals surface area contributed by atoms with Crippen LogP contribution in [-0.4, -0.2) is 27.5 Å². The van der Waals surface area contributed by atoms with Gasteiger partial charge in [0.1, 0.15) is 11.5 Å². The van der Waals surface area contributed by atoms with Crippen molar-refractivity contribution in [2.45, 2.75) is 6.42 Å². The normalized spacial score (nSPS) is 11.5. The van der Waals surface area contributed by atoms with Crippen molar-refractivity contribution < 1.29 is 9.90 Å². The molecule has 0 aliphatic rings. The Kier molecular flexibility index (Phi) is 6.77. The Balaban J connectivity index is 1.49. The van der Waals surface area contributed by atoms with E-state index < -0.39 is 5.56 Å². The highest BCUT2D eigenvalue weighted by Gasteiger charge is 2.10. The van der Waals surface area contributed by atoms with Gasteiger partial charge >= 0.3 is 0 Å². The van der Waals surface area contributed by atoms with E-state index >= 15 is 0 Å². The number of rotatable bonds is 6. The Morgan fingerprint density at radius 3 is 2.30 bits per heavy atom. The van der Waals surface area contributed by atoms with Crippen molar-refractivity contribution in [2.24, 2.45) is 0 Å². The van der Waals surface area contributed by atoms with Crippen LogP contribution in [0.3, 0.4) is 0 Å². The molecule has 0 bridgehead atoms. The molecule has 33 heavy (non-hydrogen) atoms. The minimum absolute atomic E-state index is 0.0510. The fraction of sp³-hybridized carbons (Fsp3) is 0.0800. The predicted molar refractivity (Wildman–Crippen MR) is 132 cm³/mol. The molecule has 6 nitrogen and oxygen atoms in total. The third-order valence-corrected chi connectivity index (χ3v) is 5.51. The molecule has 1 aromatic heterocycles. The van der Waals surface area contributed by atoms with Crippen LogP contribution in [0.4, 0.5) is 0 Å². The number of halogens is 2. The summed E-state index contributed by atoms with van der Waals surface area (Å²) in [5.74, 6) is -0.364. The molecule has 3 aromatic carbocycles. The van der Waals surface area contributed by atoms with E-state index in [9.17, 15) is 14.7 Å². The number of aromatic nitrogens is 2. The molecule has 0 aliphatic heterocycles. The zero-order valence-electron chi connectivity index (χ0n) is 17.3. The third-order valence-electron chi connectivity index (χ3n) is 5.01. The van der Waals surface area contributed by atoms with Crippen LogP contribution in [0.15, 0.2) is 71.5 Å². The average Bonchev–Trinajstić information content (AvgIpc) is 2.81. The van der Waals surface area contributed by atoms with Gasteiger partial charge in [-0.1, -0.05) is 35.3 Å². The number of amides is 1. The van der Waals surface area contributed by atoms with Crippen LogP contribution < -0.4 is 10.9 Å². The van der Waals surface area contributed by atoms with Gasteiger partial charge in [-0.05, 0) is 66.6 Å². The minimum atomic E-state index is -0.483. The van der Waals surface area contributed by atoms with E-state index in [1.807, 2.05) is 24.3 Å². The lowest BCUT2D eigenvalue weighted by Gasteiger charge is -2.07. The fourth-order valence-corrected chi connectivity index (χ4v) is 3.50. The van der Waals surface area contributed by atoms with Gasteiger partial charge in [-0.3, -0.25) is 9.59 Å². The quantitative estimate of drug-likeness (QED) is 0.328. The summed E-state index contributed by atoms with van der Waals surface area (Å²) < 4.78 is 0. The number of nitrogens with zero attached hydrogens (tertiary/aromatic N) is 1. The molecular formula is C25H19Cl2N3O3. The predicted octanol–water partition coefficient (Wildman–Crippen LogP) is 5.26. The minimum Gasteiger partial charge on any atom is -0.507 e. The number of aromatic amines is 1. The average molecular weight is 480 g/mol. The molecule has 0 unspecified atom stereocenters. The highest BCUT2D eigenvalue weighted by atomic mass is 35.5. The Bertz CT molecular complexity index is 1400. The monoisotopic (exact) mass is 479 g/mol. The fourth-order valence-electron chi connectivity index (χ4n) is 3.25. The van der Waals surface area contributed by atoms with Crippen molar-refractivity contribution >= 4 is 52.0 Å². The Hall–Kier alpha value is -3.61. The van der Waals surface area contributed by atoms with Gasteiger partial charge in [0.05, 0.1) is 11.0 Å². The van der Waals surface area contributed by atoms with Gasteiger partial charge in [0.25, 0.3) is 11.5 Å². The Morgan fingerprint density at radius 2 is 1.61 bits per heavy atom. The first-order chi connectivity index (χ1) is 15.9. The summed E-state index contributed by atoms with van der Waals surface area (Å²) in [5.41, 5.74) is 2.46. The molecule has 4 rings (SSSR count). The first-order valence-electron chi connectivity index (χ1n) is 10.1. The number of aliphatic hydroxyl groups is 1. The molecule has 1 heterocycles. The molecule has 0 saturated heterocycles. The molecule has 1 amide bonds. The third kappa shape index (κ3) is 5.61. The summed E-state index contributed by atoms with van der Waals surface area (Å²) in [4.78, 5) is 32.0. The summed E-state index contributed by atoms with van der Waals surface area (Å²) in [5, 5.41) is 14.4. The maximum Gasteiger partial charge on any atom is 0.274 e. The first kappa shape index (κ1) is 22.6. The van der Waals surface area contributed by atoms with Crippen LogP contribution in [0.1, 0.15) is 27.2 Å². The van der Waals surface area contributed by atoms with Crippen molar-refractivity contribution in [3.8, 4) is 0 Å². The summed E-state index contributed by atoms with van der Waals surface area (Å²) in [7, 11) is 0. The van der Waals surface area contributed by atoms with Crippen LogP contribution in [0.2, 0.25) is 10.0 Å². The zero-order chi connectivity index (χ0) is 23.4. The molecule has 3 N–H and O–H groups in total. The van der Waals surface area contributed by atoms with Crippen LogP contribution >= 0.6 is 23.2 Å². The molecule has 0 saturated carbocycles. The van der Waals surface area contributed by atoms with Crippen molar-refractivity contribution in [1.82, 2.24) is 15.3 Å². The van der Waals surface area contributed by atoms with Crippen molar-refractivity contribution in [2.75, 3.05) is 6.54 Å². The van der Waals surface area contributed by atoms with E-state index in [-0.39, 0.29) is 17.4 Å². The Labute approximate surface area is 199 Å². The summed E-state index contributed by atoms with van der Waals surface area (Å²) in [6, 6.07) is 18.9. The number of carbonyl (C=O) groups is 1. The van der Waals surface area contributed by atoms with E-state index in [0.29, 0.717) is 45.2 Å². The standard InChI is InChI=1S/C25H19Cl2N3O3/c26-18-6-1-15(2-7-18)11-12-28-24(32)17-5-10-20-21(13-17)30-25(33)22(29-20)14-23(31)16-3-8-19(27)9-4-16/h1-10,13-14,31H,11-12H2,(H,28,32)(H,30,33). The smallest absolute Gasteiger partial charge is 0.274 e. The molecule has 0 fully saturated rings. The molecule has 0 atom stereocenters. The van der Waals surface area contributed by atoms with E-state index in [1.165, 1.54) is 6.08 Å². The number of aliphatic hydroxyl groups excluding tert-OH is 1. The van der Waals surface area contributed by atoms with Gasteiger partial charge in [0.2, 0.25) is 0 Å². The number of hydrogen-bond donors (Lipinski definition) is 3. The molecule has 0 spiro atoms. The molecule has 166 valence electrons. The van der Waals surface area contributed by atoms with Gasteiger partial charge in [-0.2, -0.15) is 0 Å². The van der Waals surface area contributed by atoms with Gasteiger partial charge in [0, 0.05) is 33.8 Å². The second-order valence-electron chi connectivity index (χ2n) is 7.35. The Morgan fingerprint density at radius 1 is 0.970 bits per heavy atom. The number of H-pyrrole nitrogens is 1. The maximum absolute atomic E-state index is 12.5. The van der Waals surface area contributed by atoms with Crippen molar-refractivity contribution in [1.29, 1.82) is 0 Å². The van der Waals surface area contributed by atoms with Gasteiger partial charge < -0.3 is 15.4 Å². The SMILES string of the molecule is O=C(NCCc1ccc(Cl)cc1)c1ccc2nc(C=C(O)c3ccc(Cl)cc3)c(=O)[nH]c2c1. The van der Waals surface area contributed by atoms with Gasteiger partial charge in [-0.15, -0.1) is 0 Å². The maximum atomic E-state index is 12.5. The topological polar surface area (TPSA) is 95.1 Å². The second-order valence-corrected chi connectivity index (χ2v) is 8.22. The van der Waals surface area contributed by atoms with Crippen LogP contribution in [-0.2, 0) is 6.42 Å². The number of nitrogens with one attached hydrogen (secondary N) is 2. The van der Waals surface area contributed by atoms with Gasteiger partial charge in [0.15, 0.2) is 0 Å². The number of fused-ring (bicyclic) bond motifs is 1. The lowest BCUT2D eigenvalue weighted by molar-refractivity contribution is 0.0954. The summed E-state index contributed by atoms with van der Waals surface area (Å²) >= 11 is 11.7. The van der Waals surface area contributed by atoms with Crippen molar-refractivity contribution in [3.63, 3.8) is 0 Å². The number of hydrogen-bond acceptors (Lipinski definition) is 4.